The molecule has 1 aromatic carbocycles. The average molecular weight is 313 g/mol. The second-order valence-corrected chi connectivity index (χ2v) is 6.46. The molecule has 0 bridgehead atoms. The first-order valence-corrected chi connectivity index (χ1v) is 8.15. The molecule has 1 N–H and O–H groups in total. The SMILES string of the molecule is Cc1cccc(NC(=O)N2CCC[C@H]2c2cc(C(C)C)no2)c1. The number of amides is 2. The van der Waals surface area contributed by atoms with Crippen LogP contribution in [0.25, 0.3) is 0 Å². The minimum atomic E-state index is -0.0828. The van der Waals surface area contributed by atoms with Crippen molar-refractivity contribution in [3.05, 3.63) is 47.3 Å². The van der Waals surface area contributed by atoms with Crippen LogP contribution >= 0.6 is 0 Å². The summed E-state index contributed by atoms with van der Waals surface area (Å²) >= 11 is 0. The van der Waals surface area contributed by atoms with Crippen molar-refractivity contribution in [3.8, 4) is 0 Å². The van der Waals surface area contributed by atoms with Crippen LogP contribution in [0.15, 0.2) is 34.9 Å². The van der Waals surface area contributed by atoms with E-state index in [4.69, 9.17) is 4.52 Å². The Labute approximate surface area is 136 Å². The summed E-state index contributed by atoms with van der Waals surface area (Å²) < 4.78 is 5.49. The largest absolute Gasteiger partial charge is 0.359 e. The number of anilines is 1. The minimum absolute atomic E-state index is 0.0280. The van der Waals surface area contributed by atoms with Crippen molar-refractivity contribution in [3.63, 3.8) is 0 Å². The van der Waals surface area contributed by atoms with Crippen LogP contribution in [0.3, 0.4) is 0 Å². The Morgan fingerprint density at radius 1 is 1.39 bits per heavy atom. The van der Waals surface area contributed by atoms with Crippen LogP contribution < -0.4 is 5.32 Å². The highest BCUT2D eigenvalue weighted by Crippen LogP contribution is 2.33. The maximum atomic E-state index is 12.6. The van der Waals surface area contributed by atoms with Gasteiger partial charge in [0, 0.05) is 18.3 Å². The van der Waals surface area contributed by atoms with Gasteiger partial charge in [0.2, 0.25) is 0 Å². The first kappa shape index (κ1) is 15.6. The van der Waals surface area contributed by atoms with Gasteiger partial charge in [0.1, 0.15) is 0 Å². The number of carbonyl (C=O) groups is 1. The molecule has 1 atom stereocenters. The van der Waals surface area contributed by atoms with Crippen molar-refractivity contribution in [2.24, 2.45) is 0 Å². The molecule has 0 aliphatic carbocycles. The van der Waals surface area contributed by atoms with E-state index in [1.165, 1.54) is 0 Å². The van der Waals surface area contributed by atoms with E-state index in [9.17, 15) is 4.79 Å². The summed E-state index contributed by atoms with van der Waals surface area (Å²) in [5, 5.41) is 7.10. The molecule has 0 saturated carbocycles. The zero-order chi connectivity index (χ0) is 16.4. The third-order valence-corrected chi connectivity index (χ3v) is 4.25. The smallest absolute Gasteiger partial charge is 0.322 e. The number of aromatic nitrogens is 1. The number of hydrogen-bond donors (Lipinski definition) is 1. The van der Waals surface area contributed by atoms with Crippen LogP contribution in [-0.4, -0.2) is 22.6 Å². The lowest BCUT2D eigenvalue weighted by Gasteiger charge is -2.23. The van der Waals surface area contributed by atoms with E-state index in [-0.39, 0.29) is 12.1 Å². The molecule has 1 saturated heterocycles. The normalized spacial score (nSPS) is 17.7. The van der Waals surface area contributed by atoms with Crippen LogP contribution in [0.1, 0.15) is 55.7 Å². The molecular formula is C18H23N3O2. The fourth-order valence-electron chi connectivity index (χ4n) is 2.96. The number of carbonyl (C=O) groups excluding carboxylic acids is 1. The van der Waals surface area contributed by atoms with Gasteiger partial charge < -0.3 is 14.7 Å². The molecule has 1 aliphatic heterocycles. The topological polar surface area (TPSA) is 58.4 Å². The van der Waals surface area contributed by atoms with Crippen molar-refractivity contribution in [2.75, 3.05) is 11.9 Å². The molecule has 23 heavy (non-hydrogen) atoms. The second-order valence-electron chi connectivity index (χ2n) is 6.46. The fraction of sp³-hybridized carbons (Fsp3) is 0.444. The number of nitrogens with one attached hydrogen (secondary N) is 1. The summed E-state index contributed by atoms with van der Waals surface area (Å²) in [6.07, 6.45) is 1.89. The van der Waals surface area contributed by atoms with E-state index >= 15 is 0 Å². The molecule has 0 spiro atoms. The first-order valence-electron chi connectivity index (χ1n) is 8.15. The van der Waals surface area contributed by atoms with Crippen molar-refractivity contribution >= 4 is 11.7 Å². The Kier molecular flexibility index (Phi) is 4.37. The Morgan fingerprint density at radius 3 is 2.91 bits per heavy atom. The van der Waals surface area contributed by atoms with Crippen LogP contribution in [0.4, 0.5) is 10.5 Å². The van der Waals surface area contributed by atoms with Gasteiger partial charge in [0.25, 0.3) is 0 Å². The monoisotopic (exact) mass is 313 g/mol. The molecule has 122 valence electrons. The third-order valence-electron chi connectivity index (χ3n) is 4.25. The summed E-state index contributed by atoms with van der Waals surface area (Å²) in [5.74, 6) is 1.11. The van der Waals surface area contributed by atoms with Crippen molar-refractivity contribution in [1.82, 2.24) is 10.1 Å². The van der Waals surface area contributed by atoms with E-state index < -0.39 is 0 Å². The molecule has 1 aromatic heterocycles. The Hall–Kier alpha value is -2.30. The molecule has 2 amide bonds. The lowest BCUT2D eigenvalue weighted by Crippen LogP contribution is -2.34. The highest BCUT2D eigenvalue weighted by molar-refractivity contribution is 5.89. The quantitative estimate of drug-likeness (QED) is 0.909. The molecule has 5 heteroatoms. The number of urea groups is 1. The van der Waals surface area contributed by atoms with Crippen molar-refractivity contribution < 1.29 is 9.32 Å². The molecule has 3 rings (SSSR count). The van der Waals surface area contributed by atoms with Gasteiger partial charge in [-0.25, -0.2) is 4.79 Å². The predicted molar refractivity (Wildman–Crippen MR) is 89.5 cm³/mol. The zero-order valence-electron chi connectivity index (χ0n) is 13.9. The standard InChI is InChI=1S/C18H23N3O2/c1-12(2)15-11-17(23-20-15)16-8-5-9-21(16)18(22)19-14-7-4-6-13(3)10-14/h4,6-7,10-12,16H,5,8-9H2,1-3H3,(H,19,22)/t16-/m0/s1. The molecule has 2 heterocycles. The summed E-state index contributed by atoms with van der Waals surface area (Å²) in [6.45, 7) is 6.91. The van der Waals surface area contributed by atoms with Gasteiger partial charge in [-0.2, -0.15) is 0 Å². The molecule has 2 aromatic rings. The number of aryl methyl sites for hydroxylation is 1. The van der Waals surface area contributed by atoms with E-state index in [0.717, 1.165) is 42.1 Å². The fourth-order valence-corrected chi connectivity index (χ4v) is 2.96. The Bertz CT molecular complexity index is 693. The van der Waals surface area contributed by atoms with Gasteiger partial charge in [0.15, 0.2) is 5.76 Å². The molecule has 0 unspecified atom stereocenters. The summed E-state index contributed by atoms with van der Waals surface area (Å²) in [5.41, 5.74) is 2.88. The number of likely N-dealkylation sites (tertiary alicyclic amines) is 1. The molecule has 1 aliphatic rings. The summed E-state index contributed by atoms with van der Waals surface area (Å²) in [7, 11) is 0. The van der Waals surface area contributed by atoms with Gasteiger partial charge >= 0.3 is 6.03 Å². The molecular weight excluding hydrogens is 290 g/mol. The maximum Gasteiger partial charge on any atom is 0.322 e. The Morgan fingerprint density at radius 2 is 2.22 bits per heavy atom. The number of benzene rings is 1. The van der Waals surface area contributed by atoms with Crippen molar-refractivity contribution in [1.29, 1.82) is 0 Å². The van der Waals surface area contributed by atoms with Gasteiger partial charge in [0.05, 0.1) is 11.7 Å². The predicted octanol–water partition coefficient (Wildman–Crippen LogP) is 4.48. The van der Waals surface area contributed by atoms with Gasteiger partial charge in [-0.1, -0.05) is 31.1 Å². The van der Waals surface area contributed by atoms with E-state index in [2.05, 4.69) is 24.3 Å². The van der Waals surface area contributed by atoms with Gasteiger partial charge in [-0.05, 0) is 43.4 Å². The van der Waals surface area contributed by atoms with E-state index in [0.29, 0.717) is 5.92 Å². The van der Waals surface area contributed by atoms with Crippen molar-refractivity contribution in [2.45, 2.75) is 45.6 Å². The maximum absolute atomic E-state index is 12.6. The lowest BCUT2D eigenvalue weighted by molar-refractivity contribution is 0.195. The molecule has 1 fully saturated rings. The van der Waals surface area contributed by atoms with Crippen LogP contribution in [0.2, 0.25) is 0 Å². The minimum Gasteiger partial charge on any atom is -0.359 e. The Balaban J connectivity index is 1.74. The first-order chi connectivity index (χ1) is 11.0. The van der Waals surface area contributed by atoms with E-state index in [1.54, 1.807) is 0 Å². The summed E-state index contributed by atoms with van der Waals surface area (Å²) in [6, 6.07) is 9.69. The highest BCUT2D eigenvalue weighted by Gasteiger charge is 2.33. The van der Waals surface area contributed by atoms with Crippen LogP contribution in [0, 0.1) is 6.92 Å². The van der Waals surface area contributed by atoms with Gasteiger partial charge in [-0.15, -0.1) is 0 Å². The summed E-state index contributed by atoms with van der Waals surface area (Å²) in [4.78, 5) is 14.4. The number of rotatable bonds is 3. The highest BCUT2D eigenvalue weighted by atomic mass is 16.5. The van der Waals surface area contributed by atoms with Gasteiger partial charge in [-0.3, -0.25) is 0 Å². The average Bonchev–Trinajstić information content (AvgIpc) is 3.16. The van der Waals surface area contributed by atoms with E-state index in [1.807, 2.05) is 42.2 Å². The number of nitrogens with zero attached hydrogens (tertiary/aromatic N) is 2. The number of hydrogen-bond acceptors (Lipinski definition) is 3. The second kappa shape index (κ2) is 6.44. The van der Waals surface area contributed by atoms with Crippen LogP contribution in [0.5, 0.6) is 0 Å². The molecule has 0 radical (unpaired) electrons. The zero-order valence-corrected chi connectivity index (χ0v) is 13.9. The third kappa shape index (κ3) is 3.38. The lowest BCUT2D eigenvalue weighted by atomic mass is 10.1. The van der Waals surface area contributed by atoms with Crippen LogP contribution in [-0.2, 0) is 0 Å². The molecule has 5 nitrogen and oxygen atoms in total.